The van der Waals surface area contributed by atoms with Crippen molar-refractivity contribution in [3.05, 3.63) is 29.8 Å². The van der Waals surface area contributed by atoms with E-state index in [1.54, 1.807) is 19.2 Å². The maximum atomic E-state index is 11.7. The summed E-state index contributed by atoms with van der Waals surface area (Å²) >= 11 is 0. The summed E-state index contributed by atoms with van der Waals surface area (Å²) < 4.78 is 5.56. The number of ether oxygens (including phenoxy) is 1. The van der Waals surface area contributed by atoms with Gasteiger partial charge in [-0.05, 0) is 18.2 Å². The molecule has 0 bridgehead atoms. The number of carbonyl (C=O) groups excluding carboxylic acids is 2. The molecule has 0 aliphatic carbocycles. The first-order valence-electron chi connectivity index (χ1n) is 6.59. The Balaban J connectivity index is 1.89. The van der Waals surface area contributed by atoms with Crippen molar-refractivity contribution in [3.8, 4) is 17.6 Å². The standard InChI is InChI=1S/C15H17N3O3/c1-17-11-14(19)18(15(17)20)8-9-21-13-6-2-4-12(10-13)5-3-7-16/h2,4,6,10H,7-9,11,16H2,1H3. The predicted octanol–water partition coefficient (Wildman–Crippen LogP) is 0.270. The second-order valence-electron chi connectivity index (χ2n) is 4.57. The number of benzene rings is 1. The molecule has 0 radical (unpaired) electrons. The van der Waals surface area contributed by atoms with Gasteiger partial charge in [0.05, 0.1) is 13.1 Å². The van der Waals surface area contributed by atoms with Crippen LogP contribution in [0.5, 0.6) is 5.75 Å². The molecule has 21 heavy (non-hydrogen) atoms. The first kappa shape index (κ1) is 14.9. The van der Waals surface area contributed by atoms with E-state index in [1.807, 2.05) is 12.1 Å². The lowest BCUT2D eigenvalue weighted by atomic mass is 10.2. The molecule has 1 aliphatic heterocycles. The van der Waals surface area contributed by atoms with E-state index in [2.05, 4.69) is 11.8 Å². The van der Waals surface area contributed by atoms with E-state index in [4.69, 9.17) is 10.5 Å². The lowest BCUT2D eigenvalue weighted by Gasteiger charge is -2.14. The van der Waals surface area contributed by atoms with Crippen LogP contribution in [0.25, 0.3) is 0 Å². The first-order chi connectivity index (χ1) is 10.1. The number of hydrogen-bond acceptors (Lipinski definition) is 4. The summed E-state index contributed by atoms with van der Waals surface area (Å²) in [6, 6.07) is 7.00. The van der Waals surface area contributed by atoms with E-state index in [0.29, 0.717) is 12.3 Å². The van der Waals surface area contributed by atoms with Gasteiger partial charge >= 0.3 is 6.03 Å². The number of hydrogen-bond donors (Lipinski definition) is 1. The van der Waals surface area contributed by atoms with Gasteiger partial charge in [0, 0.05) is 12.6 Å². The lowest BCUT2D eigenvalue weighted by Crippen LogP contribution is -2.35. The van der Waals surface area contributed by atoms with Crippen LogP contribution in [0.15, 0.2) is 24.3 Å². The van der Waals surface area contributed by atoms with Gasteiger partial charge in [-0.3, -0.25) is 9.69 Å². The highest BCUT2D eigenvalue weighted by Crippen LogP contribution is 2.13. The van der Waals surface area contributed by atoms with Gasteiger partial charge in [0.25, 0.3) is 0 Å². The molecule has 2 N–H and O–H groups in total. The van der Waals surface area contributed by atoms with Crippen molar-refractivity contribution >= 4 is 11.9 Å². The molecule has 0 aromatic heterocycles. The summed E-state index contributed by atoms with van der Waals surface area (Å²) in [7, 11) is 1.60. The zero-order valence-electron chi connectivity index (χ0n) is 11.8. The van der Waals surface area contributed by atoms with E-state index < -0.39 is 0 Å². The van der Waals surface area contributed by atoms with E-state index >= 15 is 0 Å². The Morgan fingerprint density at radius 2 is 2.19 bits per heavy atom. The highest BCUT2D eigenvalue weighted by Gasteiger charge is 2.32. The molecule has 0 spiro atoms. The van der Waals surface area contributed by atoms with E-state index in [9.17, 15) is 9.59 Å². The molecule has 6 nitrogen and oxygen atoms in total. The summed E-state index contributed by atoms with van der Waals surface area (Å²) in [6.45, 7) is 0.917. The van der Waals surface area contributed by atoms with Crippen LogP contribution in [0, 0.1) is 11.8 Å². The Bertz CT molecular complexity index is 604. The van der Waals surface area contributed by atoms with Gasteiger partial charge < -0.3 is 15.4 Å². The largest absolute Gasteiger partial charge is 0.492 e. The summed E-state index contributed by atoms with van der Waals surface area (Å²) in [5.74, 6) is 6.13. The number of urea groups is 1. The zero-order valence-corrected chi connectivity index (χ0v) is 11.8. The smallest absolute Gasteiger partial charge is 0.327 e. The number of nitrogens with two attached hydrogens (primary N) is 1. The Morgan fingerprint density at radius 3 is 2.86 bits per heavy atom. The molecule has 0 atom stereocenters. The number of amides is 3. The van der Waals surface area contributed by atoms with Crippen molar-refractivity contribution in [2.45, 2.75) is 0 Å². The molecule has 1 fully saturated rings. The van der Waals surface area contributed by atoms with Gasteiger partial charge in [-0.25, -0.2) is 4.79 Å². The number of imide groups is 1. The molecule has 6 heteroatoms. The van der Waals surface area contributed by atoms with E-state index in [-0.39, 0.29) is 31.6 Å². The predicted molar refractivity (Wildman–Crippen MR) is 77.6 cm³/mol. The van der Waals surface area contributed by atoms with Gasteiger partial charge in [0.1, 0.15) is 18.9 Å². The SMILES string of the molecule is CN1CC(=O)N(CCOc2cccc(C#CCN)c2)C1=O. The second-order valence-corrected chi connectivity index (χ2v) is 4.57. The van der Waals surface area contributed by atoms with Gasteiger partial charge in [-0.1, -0.05) is 17.9 Å². The van der Waals surface area contributed by atoms with Crippen molar-refractivity contribution < 1.29 is 14.3 Å². The average Bonchev–Trinajstić information content (AvgIpc) is 2.72. The minimum atomic E-state index is -0.286. The van der Waals surface area contributed by atoms with Crippen molar-refractivity contribution in [3.63, 3.8) is 0 Å². The second kappa shape index (κ2) is 6.77. The Hall–Kier alpha value is -2.52. The average molecular weight is 287 g/mol. The van der Waals surface area contributed by atoms with Gasteiger partial charge in [-0.2, -0.15) is 0 Å². The summed E-state index contributed by atoms with van der Waals surface area (Å²) in [5.41, 5.74) is 6.13. The molecule has 110 valence electrons. The van der Waals surface area contributed by atoms with E-state index in [1.165, 1.54) is 9.80 Å². The van der Waals surface area contributed by atoms with Crippen LogP contribution in [0.2, 0.25) is 0 Å². The van der Waals surface area contributed by atoms with Crippen molar-refractivity contribution in [2.24, 2.45) is 5.73 Å². The Kier molecular flexibility index (Phi) is 4.80. The maximum absolute atomic E-state index is 11.7. The maximum Gasteiger partial charge on any atom is 0.327 e. The Labute approximate surface area is 123 Å². The quantitative estimate of drug-likeness (QED) is 0.637. The monoisotopic (exact) mass is 287 g/mol. The molecular formula is C15H17N3O3. The van der Waals surface area contributed by atoms with Crippen LogP contribution in [-0.4, -0.2) is 55.0 Å². The van der Waals surface area contributed by atoms with Crippen LogP contribution in [0.4, 0.5) is 4.79 Å². The molecule has 0 saturated carbocycles. The number of likely N-dealkylation sites (N-methyl/N-ethyl adjacent to an activating group) is 1. The molecule has 1 aromatic carbocycles. The van der Waals surface area contributed by atoms with Gasteiger partial charge in [0.2, 0.25) is 5.91 Å². The van der Waals surface area contributed by atoms with Crippen LogP contribution in [-0.2, 0) is 4.79 Å². The normalized spacial score (nSPS) is 14.2. The van der Waals surface area contributed by atoms with Gasteiger partial charge in [0.15, 0.2) is 0 Å². The lowest BCUT2D eigenvalue weighted by molar-refractivity contribution is -0.125. The third-order valence-corrected chi connectivity index (χ3v) is 2.98. The molecule has 2 rings (SSSR count). The first-order valence-corrected chi connectivity index (χ1v) is 6.59. The van der Waals surface area contributed by atoms with Crippen LogP contribution >= 0.6 is 0 Å². The van der Waals surface area contributed by atoms with Gasteiger partial charge in [-0.15, -0.1) is 0 Å². The Morgan fingerprint density at radius 1 is 1.38 bits per heavy atom. The number of rotatable bonds is 4. The molecule has 1 saturated heterocycles. The minimum Gasteiger partial charge on any atom is -0.492 e. The molecule has 1 aliphatic rings. The summed E-state index contributed by atoms with van der Waals surface area (Å²) in [6.07, 6.45) is 0. The third kappa shape index (κ3) is 3.74. The third-order valence-electron chi connectivity index (χ3n) is 2.98. The number of nitrogens with zero attached hydrogens (tertiary/aromatic N) is 2. The van der Waals surface area contributed by atoms with Crippen molar-refractivity contribution in [1.82, 2.24) is 9.80 Å². The molecular weight excluding hydrogens is 270 g/mol. The van der Waals surface area contributed by atoms with E-state index in [0.717, 1.165) is 5.56 Å². The molecule has 0 unspecified atom stereocenters. The zero-order chi connectivity index (χ0) is 15.2. The van der Waals surface area contributed by atoms with Crippen molar-refractivity contribution in [2.75, 3.05) is 33.3 Å². The molecule has 1 aromatic rings. The fourth-order valence-electron chi connectivity index (χ4n) is 1.96. The molecule has 3 amide bonds. The van der Waals surface area contributed by atoms with Crippen LogP contribution < -0.4 is 10.5 Å². The minimum absolute atomic E-state index is 0.128. The number of carbonyl (C=O) groups is 2. The topological polar surface area (TPSA) is 75.9 Å². The highest BCUT2D eigenvalue weighted by molar-refractivity contribution is 6.01. The summed E-state index contributed by atoms with van der Waals surface area (Å²) in [4.78, 5) is 25.8. The van der Waals surface area contributed by atoms with Crippen LogP contribution in [0.1, 0.15) is 5.56 Å². The fraction of sp³-hybridized carbons (Fsp3) is 0.333. The highest BCUT2D eigenvalue weighted by atomic mass is 16.5. The summed E-state index contributed by atoms with van der Waals surface area (Å²) in [5, 5.41) is 0. The van der Waals surface area contributed by atoms with Crippen LogP contribution in [0.3, 0.4) is 0 Å². The molecule has 1 heterocycles. The fourth-order valence-corrected chi connectivity index (χ4v) is 1.96. The van der Waals surface area contributed by atoms with Crippen molar-refractivity contribution in [1.29, 1.82) is 0 Å².